The maximum absolute atomic E-state index is 13.2. The van der Waals surface area contributed by atoms with Crippen LogP contribution in [-0.2, 0) is 20.8 Å². The molecular formula is C25H23Cl2F3N2O5. The summed E-state index contributed by atoms with van der Waals surface area (Å²) < 4.78 is 54.2. The van der Waals surface area contributed by atoms with Gasteiger partial charge in [0.2, 0.25) is 0 Å². The zero-order chi connectivity index (χ0) is 27.1. The van der Waals surface area contributed by atoms with Crippen molar-refractivity contribution in [3.63, 3.8) is 0 Å². The monoisotopic (exact) mass is 558 g/mol. The zero-order valence-corrected chi connectivity index (χ0v) is 21.0. The molecule has 37 heavy (non-hydrogen) atoms. The second kappa shape index (κ2) is 12.4. The Balaban J connectivity index is 1.63. The Morgan fingerprint density at radius 2 is 1.73 bits per heavy atom. The first kappa shape index (κ1) is 28.4. The van der Waals surface area contributed by atoms with Gasteiger partial charge in [0.25, 0.3) is 0 Å². The summed E-state index contributed by atoms with van der Waals surface area (Å²) in [5, 5.41) is 2.60. The van der Waals surface area contributed by atoms with Crippen LogP contribution in [0.4, 0.5) is 18.0 Å². The van der Waals surface area contributed by atoms with E-state index in [1.807, 2.05) is 0 Å². The van der Waals surface area contributed by atoms with Crippen molar-refractivity contribution in [2.45, 2.75) is 31.3 Å². The van der Waals surface area contributed by atoms with E-state index in [1.54, 1.807) is 54.6 Å². The number of carbonyl (C=O) groups is 2. The molecule has 1 aliphatic carbocycles. The summed E-state index contributed by atoms with van der Waals surface area (Å²) in [5.41, 5.74) is 1.06. The normalized spacial score (nSPS) is 17.6. The van der Waals surface area contributed by atoms with E-state index in [0.717, 1.165) is 5.56 Å². The number of hydrogen-bond acceptors (Lipinski definition) is 5. The molecule has 0 fully saturated rings. The minimum atomic E-state index is -5.06. The summed E-state index contributed by atoms with van der Waals surface area (Å²) in [6.07, 6.45) is -4.22. The van der Waals surface area contributed by atoms with Gasteiger partial charge in [0.1, 0.15) is 19.0 Å². The quantitative estimate of drug-likeness (QED) is 0.229. The first-order valence-electron chi connectivity index (χ1n) is 11.0. The SMILES string of the molecule is CC(=O)OCCOc1ccc(CNC(=O)NC2=CC(Cl)=C(c3ccccc3)C(Cl)(OC(F)(F)F)C2)cc1. The Labute approximate surface area is 221 Å². The standard InChI is InChI=1S/C25H23Cl2F3N2O5/c1-16(33)35-11-12-36-20-9-7-17(8-10-20)15-31-23(34)32-19-13-21(26)22(18-5-3-2-4-6-18)24(27,14-19)37-25(28,29)30/h2-10,13H,11-12,14-15H2,1H3,(H2,31,32,34). The van der Waals surface area contributed by atoms with Gasteiger partial charge in [-0.3, -0.25) is 9.53 Å². The lowest BCUT2D eigenvalue weighted by Crippen LogP contribution is -2.41. The number of esters is 1. The molecule has 2 N–H and O–H groups in total. The molecule has 2 aromatic carbocycles. The van der Waals surface area contributed by atoms with E-state index in [4.69, 9.17) is 32.7 Å². The van der Waals surface area contributed by atoms with Crippen LogP contribution >= 0.6 is 23.2 Å². The number of benzene rings is 2. The topological polar surface area (TPSA) is 85.9 Å². The van der Waals surface area contributed by atoms with Gasteiger partial charge in [-0.1, -0.05) is 65.7 Å². The van der Waals surface area contributed by atoms with Gasteiger partial charge >= 0.3 is 18.4 Å². The average Bonchev–Trinajstić information content (AvgIpc) is 2.80. The number of rotatable bonds is 9. The lowest BCUT2D eigenvalue weighted by atomic mass is 9.92. The summed E-state index contributed by atoms with van der Waals surface area (Å²) in [7, 11) is 0. The summed E-state index contributed by atoms with van der Waals surface area (Å²) in [6, 6.07) is 14.2. The van der Waals surface area contributed by atoms with E-state index >= 15 is 0 Å². The minimum absolute atomic E-state index is 0.0398. The number of allylic oxidation sites excluding steroid dienone is 2. The van der Waals surface area contributed by atoms with Crippen LogP contribution in [0.3, 0.4) is 0 Å². The fraction of sp³-hybridized carbons (Fsp3) is 0.280. The molecule has 0 saturated heterocycles. The van der Waals surface area contributed by atoms with E-state index in [1.165, 1.54) is 13.0 Å². The Hall–Kier alpha value is -3.21. The molecule has 7 nitrogen and oxygen atoms in total. The van der Waals surface area contributed by atoms with Crippen LogP contribution in [0.2, 0.25) is 0 Å². The molecule has 2 amide bonds. The summed E-state index contributed by atoms with van der Waals surface area (Å²) in [6.45, 7) is 1.74. The third-order valence-electron chi connectivity index (χ3n) is 4.98. The summed E-state index contributed by atoms with van der Waals surface area (Å²) in [4.78, 5) is 23.2. The predicted molar refractivity (Wildman–Crippen MR) is 132 cm³/mol. The van der Waals surface area contributed by atoms with Crippen molar-refractivity contribution in [3.05, 3.63) is 82.5 Å². The molecule has 0 aliphatic heterocycles. The molecular weight excluding hydrogens is 536 g/mol. The number of hydrogen-bond donors (Lipinski definition) is 2. The highest BCUT2D eigenvalue weighted by Crippen LogP contribution is 2.48. The van der Waals surface area contributed by atoms with Crippen LogP contribution < -0.4 is 15.4 Å². The molecule has 0 spiro atoms. The largest absolute Gasteiger partial charge is 0.524 e. The number of urea groups is 1. The second-order valence-electron chi connectivity index (χ2n) is 7.85. The fourth-order valence-corrected chi connectivity index (χ4v) is 4.40. The van der Waals surface area contributed by atoms with Crippen LogP contribution in [0.1, 0.15) is 24.5 Å². The smallest absolute Gasteiger partial charge is 0.490 e. The molecule has 1 atom stereocenters. The molecule has 0 heterocycles. The van der Waals surface area contributed by atoms with Crippen molar-refractivity contribution >= 4 is 40.8 Å². The lowest BCUT2D eigenvalue weighted by molar-refractivity contribution is -0.342. The number of nitrogens with one attached hydrogen (secondary N) is 2. The van der Waals surface area contributed by atoms with Crippen molar-refractivity contribution in [1.29, 1.82) is 0 Å². The van der Waals surface area contributed by atoms with Crippen LogP contribution in [0.5, 0.6) is 5.75 Å². The van der Waals surface area contributed by atoms with Gasteiger partial charge in [0.15, 0.2) is 5.06 Å². The highest BCUT2D eigenvalue weighted by atomic mass is 35.5. The van der Waals surface area contributed by atoms with Crippen molar-refractivity contribution < 1.29 is 37.0 Å². The minimum Gasteiger partial charge on any atom is -0.490 e. The molecule has 0 saturated carbocycles. The molecule has 2 aromatic rings. The summed E-state index contributed by atoms with van der Waals surface area (Å²) >= 11 is 12.7. The fourth-order valence-electron chi connectivity index (χ4n) is 3.52. The molecule has 0 aromatic heterocycles. The lowest BCUT2D eigenvalue weighted by Gasteiger charge is -2.35. The molecule has 198 valence electrons. The first-order valence-corrected chi connectivity index (χ1v) is 11.7. The molecule has 1 unspecified atom stereocenters. The molecule has 0 radical (unpaired) electrons. The average molecular weight is 559 g/mol. The third kappa shape index (κ3) is 8.70. The van der Waals surface area contributed by atoms with Gasteiger partial charge in [-0.05, 0) is 29.3 Å². The highest BCUT2D eigenvalue weighted by Gasteiger charge is 2.48. The van der Waals surface area contributed by atoms with Crippen molar-refractivity contribution in [2.75, 3.05) is 13.2 Å². The van der Waals surface area contributed by atoms with E-state index in [2.05, 4.69) is 15.4 Å². The molecule has 3 rings (SSSR count). The van der Waals surface area contributed by atoms with Crippen LogP contribution in [0.15, 0.2) is 71.4 Å². The summed E-state index contributed by atoms with van der Waals surface area (Å²) in [5.74, 6) is 0.151. The highest BCUT2D eigenvalue weighted by molar-refractivity contribution is 6.39. The van der Waals surface area contributed by atoms with Gasteiger partial charge in [-0.25, -0.2) is 4.79 Å². The number of ether oxygens (including phenoxy) is 3. The second-order valence-corrected chi connectivity index (χ2v) is 8.87. The maximum atomic E-state index is 13.2. The molecule has 1 aliphatic rings. The number of carbonyl (C=O) groups excluding carboxylic acids is 2. The van der Waals surface area contributed by atoms with Crippen molar-refractivity contribution in [3.8, 4) is 5.75 Å². The number of halogens is 5. The van der Waals surface area contributed by atoms with Gasteiger partial charge in [0.05, 0.1) is 5.03 Å². The van der Waals surface area contributed by atoms with Gasteiger partial charge in [0, 0.05) is 31.2 Å². The van der Waals surface area contributed by atoms with Gasteiger partial charge in [-0.2, -0.15) is 0 Å². The first-order chi connectivity index (χ1) is 17.4. The predicted octanol–water partition coefficient (Wildman–Crippen LogP) is 5.84. The Morgan fingerprint density at radius 1 is 1.05 bits per heavy atom. The van der Waals surface area contributed by atoms with Crippen LogP contribution in [0.25, 0.3) is 5.57 Å². The number of alkyl halides is 4. The van der Waals surface area contributed by atoms with Crippen LogP contribution in [0, 0.1) is 0 Å². The third-order valence-corrected chi connectivity index (χ3v) is 5.68. The van der Waals surface area contributed by atoms with E-state index in [0.29, 0.717) is 11.3 Å². The Morgan fingerprint density at radius 3 is 2.35 bits per heavy atom. The van der Waals surface area contributed by atoms with E-state index < -0.39 is 29.8 Å². The Bertz CT molecular complexity index is 1170. The van der Waals surface area contributed by atoms with Gasteiger partial charge < -0.3 is 20.1 Å². The van der Waals surface area contributed by atoms with E-state index in [-0.39, 0.29) is 36.1 Å². The number of amides is 2. The van der Waals surface area contributed by atoms with E-state index in [9.17, 15) is 22.8 Å². The van der Waals surface area contributed by atoms with Gasteiger partial charge in [-0.15, -0.1) is 13.2 Å². The Kier molecular flexibility index (Phi) is 9.47. The van der Waals surface area contributed by atoms with Crippen LogP contribution in [-0.4, -0.2) is 36.6 Å². The zero-order valence-electron chi connectivity index (χ0n) is 19.5. The molecule has 0 bridgehead atoms. The van der Waals surface area contributed by atoms with Crippen molar-refractivity contribution in [2.24, 2.45) is 0 Å². The maximum Gasteiger partial charge on any atom is 0.524 e. The van der Waals surface area contributed by atoms with Crippen molar-refractivity contribution in [1.82, 2.24) is 10.6 Å². The molecule has 12 heteroatoms.